The lowest BCUT2D eigenvalue weighted by molar-refractivity contribution is 0.296. The number of nitrogens with zero attached hydrogens (tertiary/aromatic N) is 2. The Hall–Kier alpha value is -0.680. The molecule has 5 heteroatoms. The van der Waals surface area contributed by atoms with Gasteiger partial charge in [0.2, 0.25) is 0 Å². The first-order chi connectivity index (χ1) is 6.16. The Labute approximate surface area is 82.1 Å². The second-order valence-electron chi connectivity index (χ2n) is 2.85. The van der Waals surface area contributed by atoms with Crippen LogP contribution in [0.2, 0.25) is 0 Å². The first kappa shape index (κ1) is 10.4. The fourth-order valence-corrected chi connectivity index (χ4v) is 2.06. The molecule has 0 aliphatic heterocycles. The van der Waals surface area contributed by atoms with Gasteiger partial charge in [0.15, 0.2) is 0 Å². The molecule has 4 nitrogen and oxygen atoms in total. The van der Waals surface area contributed by atoms with Crippen LogP contribution in [-0.2, 0) is 7.05 Å². The molecule has 13 heavy (non-hydrogen) atoms. The van der Waals surface area contributed by atoms with Gasteiger partial charge < -0.3 is 10.8 Å². The molecular weight excluding hydrogens is 186 g/mol. The highest BCUT2D eigenvalue weighted by atomic mass is 32.2. The lowest BCUT2D eigenvalue weighted by Crippen LogP contribution is -1.95. The predicted molar refractivity (Wildman–Crippen MR) is 54.8 cm³/mol. The zero-order chi connectivity index (χ0) is 9.84. The molecule has 0 aliphatic carbocycles. The number of hydrogen-bond acceptors (Lipinski definition) is 4. The number of hydrogen-bond donors (Lipinski definition) is 2. The van der Waals surface area contributed by atoms with Crippen molar-refractivity contribution in [3.05, 3.63) is 5.69 Å². The van der Waals surface area contributed by atoms with E-state index < -0.39 is 0 Å². The Morgan fingerprint density at radius 3 is 2.77 bits per heavy atom. The minimum absolute atomic E-state index is 0.226. The van der Waals surface area contributed by atoms with Crippen LogP contribution in [-0.4, -0.2) is 27.2 Å². The molecule has 1 rings (SSSR count). The summed E-state index contributed by atoms with van der Waals surface area (Å²) in [5.41, 5.74) is 7.44. The fraction of sp³-hybridized carbons (Fsp3) is 0.625. The monoisotopic (exact) mass is 201 g/mol. The molecule has 0 bridgehead atoms. The van der Waals surface area contributed by atoms with Crippen molar-refractivity contribution in [1.82, 2.24) is 9.78 Å². The number of rotatable bonds is 4. The molecule has 0 saturated heterocycles. The first-order valence-corrected chi connectivity index (χ1v) is 5.18. The van der Waals surface area contributed by atoms with E-state index >= 15 is 0 Å². The van der Waals surface area contributed by atoms with Gasteiger partial charge in [-0.3, -0.25) is 4.68 Å². The van der Waals surface area contributed by atoms with Crippen molar-refractivity contribution in [2.45, 2.75) is 18.4 Å². The number of aryl methyl sites for hydroxylation is 2. The van der Waals surface area contributed by atoms with Crippen LogP contribution in [0.4, 0.5) is 5.69 Å². The number of aliphatic hydroxyl groups is 1. The van der Waals surface area contributed by atoms with Gasteiger partial charge in [-0.1, -0.05) is 0 Å². The maximum atomic E-state index is 8.62. The second kappa shape index (κ2) is 4.53. The smallest absolute Gasteiger partial charge is 0.117 e. The molecule has 0 spiro atoms. The van der Waals surface area contributed by atoms with E-state index in [-0.39, 0.29) is 6.61 Å². The molecule has 1 heterocycles. The summed E-state index contributed by atoms with van der Waals surface area (Å²) in [4.78, 5) is 0. The van der Waals surface area contributed by atoms with Crippen molar-refractivity contribution < 1.29 is 5.11 Å². The second-order valence-corrected chi connectivity index (χ2v) is 3.94. The van der Waals surface area contributed by atoms with Gasteiger partial charge in [0, 0.05) is 19.4 Å². The molecule has 0 atom stereocenters. The van der Waals surface area contributed by atoms with E-state index in [1.165, 1.54) is 0 Å². The standard InChI is InChI=1S/C8H15N3OS/c1-6-7(9)8(11(2)10-6)13-5-3-4-12/h12H,3-5,9H2,1-2H3. The van der Waals surface area contributed by atoms with Gasteiger partial charge >= 0.3 is 0 Å². The third-order valence-electron chi connectivity index (χ3n) is 1.76. The summed E-state index contributed by atoms with van der Waals surface area (Å²) in [6.45, 7) is 2.12. The Balaban J connectivity index is 2.64. The van der Waals surface area contributed by atoms with Crippen molar-refractivity contribution in [2.75, 3.05) is 18.1 Å². The average molecular weight is 201 g/mol. The normalized spacial score (nSPS) is 10.7. The highest BCUT2D eigenvalue weighted by molar-refractivity contribution is 7.99. The summed E-state index contributed by atoms with van der Waals surface area (Å²) in [7, 11) is 1.88. The molecule has 0 aliphatic rings. The van der Waals surface area contributed by atoms with Crippen molar-refractivity contribution >= 4 is 17.4 Å². The molecule has 0 unspecified atom stereocenters. The lowest BCUT2D eigenvalue weighted by atomic mass is 10.4. The maximum Gasteiger partial charge on any atom is 0.117 e. The summed E-state index contributed by atoms with van der Waals surface area (Å²) >= 11 is 1.63. The van der Waals surface area contributed by atoms with Crippen LogP contribution < -0.4 is 5.73 Å². The third kappa shape index (κ3) is 2.38. The van der Waals surface area contributed by atoms with Gasteiger partial charge in [0.05, 0.1) is 11.4 Å². The van der Waals surface area contributed by atoms with E-state index in [4.69, 9.17) is 10.8 Å². The minimum atomic E-state index is 0.226. The summed E-state index contributed by atoms with van der Waals surface area (Å²) in [5.74, 6) is 0.875. The van der Waals surface area contributed by atoms with Crippen LogP contribution in [0.1, 0.15) is 12.1 Å². The summed E-state index contributed by atoms with van der Waals surface area (Å²) in [6.07, 6.45) is 0.786. The molecule has 0 aromatic carbocycles. The van der Waals surface area contributed by atoms with Crippen LogP contribution >= 0.6 is 11.8 Å². The predicted octanol–water partition coefficient (Wildman–Crippen LogP) is 0.785. The average Bonchev–Trinajstić information content (AvgIpc) is 2.32. The number of nitrogens with two attached hydrogens (primary N) is 1. The van der Waals surface area contributed by atoms with Crippen LogP contribution in [0.3, 0.4) is 0 Å². The Bertz CT molecular complexity index is 285. The van der Waals surface area contributed by atoms with Gasteiger partial charge in [-0.25, -0.2) is 0 Å². The van der Waals surface area contributed by atoms with Gasteiger partial charge in [-0.2, -0.15) is 5.10 Å². The lowest BCUT2D eigenvalue weighted by Gasteiger charge is -2.01. The highest BCUT2D eigenvalue weighted by Crippen LogP contribution is 2.26. The summed E-state index contributed by atoms with van der Waals surface area (Å²) in [6, 6.07) is 0. The number of anilines is 1. The number of aromatic nitrogens is 2. The topological polar surface area (TPSA) is 64.1 Å². The number of aliphatic hydroxyl groups excluding tert-OH is 1. The zero-order valence-corrected chi connectivity index (χ0v) is 8.77. The molecule has 0 saturated carbocycles. The molecule has 0 fully saturated rings. The van der Waals surface area contributed by atoms with E-state index in [0.29, 0.717) is 0 Å². The fourth-order valence-electron chi connectivity index (χ4n) is 1.06. The Morgan fingerprint density at radius 2 is 2.31 bits per heavy atom. The maximum absolute atomic E-state index is 8.62. The largest absolute Gasteiger partial charge is 0.396 e. The van der Waals surface area contributed by atoms with Crippen LogP contribution in [0.25, 0.3) is 0 Å². The summed E-state index contributed by atoms with van der Waals surface area (Å²) < 4.78 is 1.78. The molecule has 0 amide bonds. The van der Waals surface area contributed by atoms with Gasteiger partial charge in [0.1, 0.15) is 5.03 Å². The highest BCUT2D eigenvalue weighted by Gasteiger charge is 2.09. The molecule has 0 radical (unpaired) electrons. The van der Waals surface area contributed by atoms with Crippen molar-refractivity contribution in [2.24, 2.45) is 7.05 Å². The minimum Gasteiger partial charge on any atom is -0.396 e. The third-order valence-corrected chi connectivity index (χ3v) is 3.01. The summed E-state index contributed by atoms with van der Waals surface area (Å²) in [5, 5.41) is 13.8. The molecule has 3 N–H and O–H groups in total. The quantitative estimate of drug-likeness (QED) is 0.558. The number of thioether (sulfide) groups is 1. The molecule has 1 aromatic heterocycles. The van der Waals surface area contributed by atoms with Gasteiger partial charge in [0.25, 0.3) is 0 Å². The van der Waals surface area contributed by atoms with Crippen LogP contribution in [0.15, 0.2) is 5.03 Å². The molecular formula is C8H15N3OS. The van der Waals surface area contributed by atoms with E-state index in [9.17, 15) is 0 Å². The zero-order valence-electron chi connectivity index (χ0n) is 7.95. The van der Waals surface area contributed by atoms with E-state index in [0.717, 1.165) is 28.6 Å². The Kier molecular flexibility index (Phi) is 3.62. The van der Waals surface area contributed by atoms with E-state index in [2.05, 4.69) is 5.10 Å². The Morgan fingerprint density at radius 1 is 1.62 bits per heavy atom. The van der Waals surface area contributed by atoms with Crippen molar-refractivity contribution in [3.8, 4) is 0 Å². The SMILES string of the molecule is Cc1nn(C)c(SCCCO)c1N. The van der Waals surface area contributed by atoms with Crippen molar-refractivity contribution in [3.63, 3.8) is 0 Å². The first-order valence-electron chi connectivity index (χ1n) is 4.19. The van der Waals surface area contributed by atoms with Crippen molar-refractivity contribution in [1.29, 1.82) is 0 Å². The van der Waals surface area contributed by atoms with E-state index in [1.54, 1.807) is 16.4 Å². The molecule has 74 valence electrons. The molecule has 1 aromatic rings. The van der Waals surface area contributed by atoms with Crippen LogP contribution in [0.5, 0.6) is 0 Å². The van der Waals surface area contributed by atoms with E-state index in [1.807, 2.05) is 14.0 Å². The van der Waals surface area contributed by atoms with Gasteiger partial charge in [-0.15, -0.1) is 11.8 Å². The number of nitrogen functional groups attached to an aromatic ring is 1. The van der Waals surface area contributed by atoms with Gasteiger partial charge in [-0.05, 0) is 13.3 Å². The van der Waals surface area contributed by atoms with Crippen LogP contribution in [0, 0.1) is 6.92 Å².